The Balaban J connectivity index is 2.86. The molecular formula is C17H31N3O. The maximum atomic E-state index is 6.28. The van der Waals surface area contributed by atoms with E-state index in [4.69, 9.17) is 10.5 Å². The number of hydrogen-bond acceptors (Lipinski definition) is 4. The molecule has 0 bridgehead atoms. The van der Waals surface area contributed by atoms with Crippen molar-refractivity contribution >= 4 is 0 Å². The first-order chi connectivity index (χ1) is 9.99. The normalized spacial score (nSPS) is 14.5. The number of hydrogen-bond donors (Lipinski definition) is 1. The number of benzene rings is 1. The van der Waals surface area contributed by atoms with E-state index in [2.05, 4.69) is 49.9 Å². The summed E-state index contributed by atoms with van der Waals surface area (Å²) >= 11 is 0. The van der Waals surface area contributed by atoms with E-state index < -0.39 is 0 Å². The molecular weight excluding hydrogens is 262 g/mol. The highest BCUT2D eigenvalue weighted by Gasteiger charge is 2.23. The SMILES string of the molecule is CCN(CCCN(C)C)C(c1cccc(OC)c1)C(C)N. The zero-order valence-corrected chi connectivity index (χ0v) is 14.2. The van der Waals surface area contributed by atoms with Gasteiger partial charge in [0.15, 0.2) is 0 Å². The summed E-state index contributed by atoms with van der Waals surface area (Å²) in [5, 5.41) is 0. The van der Waals surface area contributed by atoms with Gasteiger partial charge in [-0.3, -0.25) is 4.90 Å². The first kappa shape index (κ1) is 18.0. The maximum Gasteiger partial charge on any atom is 0.119 e. The minimum Gasteiger partial charge on any atom is -0.497 e. The topological polar surface area (TPSA) is 41.7 Å². The summed E-state index contributed by atoms with van der Waals surface area (Å²) in [6, 6.07) is 8.57. The molecule has 2 unspecified atom stereocenters. The van der Waals surface area contributed by atoms with E-state index in [1.807, 2.05) is 12.1 Å². The van der Waals surface area contributed by atoms with Crippen LogP contribution in [0.3, 0.4) is 0 Å². The fraction of sp³-hybridized carbons (Fsp3) is 0.647. The highest BCUT2D eigenvalue weighted by molar-refractivity contribution is 5.31. The molecule has 1 aromatic rings. The zero-order chi connectivity index (χ0) is 15.8. The third-order valence-electron chi connectivity index (χ3n) is 3.78. The molecule has 2 atom stereocenters. The van der Waals surface area contributed by atoms with Gasteiger partial charge < -0.3 is 15.4 Å². The zero-order valence-electron chi connectivity index (χ0n) is 14.2. The lowest BCUT2D eigenvalue weighted by molar-refractivity contribution is 0.177. The molecule has 120 valence electrons. The van der Waals surface area contributed by atoms with Crippen molar-refractivity contribution in [2.75, 3.05) is 40.8 Å². The van der Waals surface area contributed by atoms with E-state index in [-0.39, 0.29) is 12.1 Å². The Bertz CT molecular complexity index is 407. The van der Waals surface area contributed by atoms with Gasteiger partial charge in [-0.1, -0.05) is 19.1 Å². The van der Waals surface area contributed by atoms with Crippen LogP contribution < -0.4 is 10.5 Å². The number of rotatable bonds is 9. The van der Waals surface area contributed by atoms with Crippen molar-refractivity contribution in [3.05, 3.63) is 29.8 Å². The first-order valence-corrected chi connectivity index (χ1v) is 7.77. The monoisotopic (exact) mass is 293 g/mol. The summed E-state index contributed by atoms with van der Waals surface area (Å²) < 4.78 is 5.34. The van der Waals surface area contributed by atoms with Gasteiger partial charge in [0, 0.05) is 18.6 Å². The average Bonchev–Trinajstić information content (AvgIpc) is 2.45. The van der Waals surface area contributed by atoms with Gasteiger partial charge >= 0.3 is 0 Å². The van der Waals surface area contributed by atoms with Gasteiger partial charge in [-0.05, 0) is 58.2 Å². The molecule has 0 aliphatic rings. The Kier molecular flexibility index (Phi) is 7.72. The lowest BCUT2D eigenvalue weighted by atomic mass is 9.98. The van der Waals surface area contributed by atoms with Crippen LogP contribution in [0.4, 0.5) is 0 Å². The molecule has 0 amide bonds. The molecule has 0 aromatic heterocycles. The van der Waals surface area contributed by atoms with Crippen LogP contribution in [0.5, 0.6) is 5.75 Å². The molecule has 4 nitrogen and oxygen atoms in total. The Hall–Kier alpha value is -1.10. The molecule has 0 aliphatic heterocycles. The van der Waals surface area contributed by atoms with Crippen LogP contribution in [0.2, 0.25) is 0 Å². The molecule has 0 saturated carbocycles. The van der Waals surface area contributed by atoms with Crippen molar-refractivity contribution in [1.82, 2.24) is 9.80 Å². The second kappa shape index (κ2) is 9.03. The molecule has 2 N–H and O–H groups in total. The van der Waals surface area contributed by atoms with Gasteiger partial charge in [-0.2, -0.15) is 0 Å². The molecule has 0 spiro atoms. The second-order valence-corrected chi connectivity index (χ2v) is 5.87. The lowest BCUT2D eigenvalue weighted by Crippen LogP contribution is -2.40. The quantitative estimate of drug-likeness (QED) is 0.759. The van der Waals surface area contributed by atoms with E-state index in [9.17, 15) is 0 Å². The van der Waals surface area contributed by atoms with Gasteiger partial charge in [0.05, 0.1) is 7.11 Å². The van der Waals surface area contributed by atoms with E-state index in [0.29, 0.717) is 0 Å². The van der Waals surface area contributed by atoms with Crippen molar-refractivity contribution in [2.24, 2.45) is 5.73 Å². The Labute approximate surface area is 129 Å². The summed E-state index contributed by atoms with van der Waals surface area (Å²) in [7, 11) is 5.93. The van der Waals surface area contributed by atoms with Crippen molar-refractivity contribution in [2.45, 2.75) is 32.4 Å². The van der Waals surface area contributed by atoms with Crippen molar-refractivity contribution in [1.29, 1.82) is 0 Å². The molecule has 4 heteroatoms. The predicted octanol–water partition coefficient (Wildman–Crippen LogP) is 2.36. The molecule has 0 saturated heterocycles. The van der Waals surface area contributed by atoms with E-state index in [0.717, 1.165) is 31.8 Å². The number of ether oxygens (including phenoxy) is 1. The molecule has 0 aliphatic carbocycles. The Morgan fingerprint density at radius 3 is 2.48 bits per heavy atom. The van der Waals surface area contributed by atoms with Gasteiger partial charge in [-0.25, -0.2) is 0 Å². The molecule has 1 aromatic carbocycles. The highest BCUT2D eigenvalue weighted by atomic mass is 16.5. The Morgan fingerprint density at radius 2 is 1.95 bits per heavy atom. The van der Waals surface area contributed by atoms with E-state index >= 15 is 0 Å². The number of nitrogens with zero attached hydrogens (tertiary/aromatic N) is 2. The van der Waals surface area contributed by atoms with Crippen molar-refractivity contribution in [3.8, 4) is 5.75 Å². The Morgan fingerprint density at radius 1 is 1.24 bits per heavy atom. The van der Waals surface area contributed by atoms with Crippen LogP contribution in [0.25, 0.3) is 0 Å². The molecule has 0 fully saturated rings. The maximum absolute atomic E-state index is 6.28. The van der Waals surface area contributed by atoms with Crippen molar-refractivity contribution < 1.29 is 4.74 Å². The molecule has 0 radical (unpaired) electrons. The van der Waals surface area contributed by atoms with Crippen LogP contribution in [0.15, 0.2) is 24.3 Å². The van der Waals surface area contributed by atoms with Crippen LogP contribution in [-0.2, 0) is 0 Å². The third-order valence-corrected chi connectivity index (χ3v) is 3.78. The van der Waals surface area contributed by atoms with Gasteiger partial charge in [0.2, 0.25) is 0 Å². The largest absolute Gasteiger partial charge is 0.497 e. The summed E-state index contributed by atoms with van der Waals surface area (Å²) in [5.41, 5.74) is 7.51. The average molecular weight is 293 g/mol. The predicted molar refractivity (Wildman–Crippen MR) is 89.8 cm³/mol. The smallest absolute Gasteiger partial charge is 0.119 e. The summed E-state index contributed by atoms with van der Waals surface area (Å²) in [5.74, 6) is 0.891. The minimum absolute atomic E-state index is 0.0800. The fourth-order valence-electron chi connectivity index (χ4n) is 2.76. The second-order valence-electron chi connectivity index (χ2n) is 5.87. The summed E-state index contributed by atoms with van der Waals surface area (Å²) in [6.45, 7) is 7.43. The molecule has 1 rings (SSSR count). The van der Waals surface area contributed by atoms with Gasteiger partial charge in [-0.15, -0.1) is 0 Å². The van der Waals surface area contributed by atoms with E-state index in [1.165, 1.54) is 5.56 Å². The standard InChI is InChI=1S/C17H31N3O/c1-6-20(12-8-11-19(3)4)17(14(2)18)15-9-7-10-16(13-15)21-5/h7,9-10,13-14,17H,6,8,11-12,18H2,1-5H3. The van der Waals surface area contributed by atoms with Gasteiger partial charge in [0.1, 0.15) is 5.75 Å². The van der Waals surface area contributed by atoms with E-state index in [1.54, 1.807) is 7.11 Å². The van der Waals surface area contributed by atoms with Crippen LogP contribution >= 0.6 is 0 Å². The summed E-state index contributed by atoms with van der Waals surface area (Å²) in [4.78, 5) is 4.68. The van der Waals surface area contributed by atoms with Crippen molar-refractivity contribution in [3.63, 3.8) is 0 Å². The number of methoxy groups -OCH3 is 1. The van der Waals surface area contributed by atoms with Gasteiger partial charge in [0.25, 0.3) is 0 Å². The lowest BCUT2D eigenvalue weighted by Gasteiger charge is -2.34. The highest BCUT2D eigenvalue weighted by Crippen LogP contribution is 2.26. The van der Waals surface area contributed by atoms with Crippen LogP contribution in [-0.4, -0.2) is 56.7 Å². The number of likely N-dealkylation sites (N-methyl/N-ethyl adjacent to an activating group) is 1. The molecule has 21 heavy (non-hydrogen) atoms. The molecule has 0 heterocycles. The summed E-state index contributed by atoms with van der Waals surface area (Å²) in [6.07, 6.45) is 1.15. The van der Waals surface area contributed by atoms with Crippen LogP contribution in [0, 0.1) is 0 Å². The number of nitrogens with two attached hydrogens (primary N) is 1. The first-order valence-electron chi connectivity index (χ1n) is 7.77. The fourth-order valence-corrected chi connectivity index (χ4v) is 2.76. The third kappa shape index (κ3) is 5.65. The van der Waals surface area contributed by atoms with Crippen LogP contribution in [0.1, 0.15) is 31.9 Å². The minimum atomic E-state index is 0.0800.